The topological polar surface area (TPSA) is 63.6 Å². The van der Waals surface area contributed by atoms with Gasteiger partial charge in [-0.25, -0.2) is 0 Å². The van der Waals surface area contributed by atoms with Gasteiger partial charge < -0.3 is 9.84 Å². The van der Waals surface area contributed by atoms with Crippen molar-refractivity contribution in [2.45, 2.75) is 155 Å². The minimum atomic E-state index is -0.720. The molecule has 1 aliphatic carbocycles. The molecule has 32 heavy (non-hydrogen) atoms. The Bertz CT molecular complexity index is 468. The molecule has 0 aromatic heterocycles. The lowest BCUT2D eigenvalue weighted by atomic mass is 9.82. The van der Waals surface area contributed by atoms with E-state index in [0.717, 1.165) is 25.7 Å². The van der Waals surface area contributed by atoms with Gasteiger partial charge in [-0.1, -0.05) is 97.3 Å². The van der Waals surface area contributed by atoms with Crippen LogP contribution in [0.5, 0.6) is 0 Å². The summed E-state index contributed by atoms with van der Waals surface area (Å²) >= 11 is 0. The summed E-state index contributed by atoms with van der Waals surface area (Å²) in [6, 6.07) is 0. The number of rotatable bonds is 20. The van der Waals surface area contributed by atoms with Crippen LogP contribution in [0.25, 0.3) is 0 Å². The molecule has 0 aliphatic heterocycles. The van der Waals surface area contributed by atoms with Gasteiger partial charge in [-0.3, -0.25) is 9.59 Å². The van der Waals surface area contributed by atoms with Crippen LogP contribution in [0, 0.1) is 11.8 Å². The zero-order valence-corrected chi connectivity index (χ0v) is 21.3. The fraction of sp³-hybridized carbons (Fsp3) is 0.929. The zero-order chi connectivity index (χ0) is 23.4. The molecule has 0 aromatic carbocycles. The van der Waals surface area contributed by atoms with Crippen molar-refractivity contribution in [2.24, 2.45) is 11.8 Å². The normalized spacial score (nSPS) is 19.6. The van der Waals surface area contributed by atoms with Gasteiger partial charge in [-0.15, -0.1) is 0 Å². The van der Waals surface area contributed by atoms with Crippen molar-refractivity contribution in [3.8, 4) is 0 Å². The van der Waals surface area contributed by atoms with E-state index < -0.39 is 5.97 Å². The van der Waals surface area contributed by atoms with E-state index in [-0.39, 0.29) is 23.9 Å². The van der Waals surface area contributed by atoms with Crippen LogP contribution in [0.4, 0.5) is 0 Å². The van der Waals surface area contributed by atoms with Gasteiger partial charge in [0.05, 0.1) is 11.8 Å². The highest BCUT2D eigenvalue weighted by atomic mass is 16.5. The monoisotopic (exact) mass is 452 g/mol. The molecule has 0 spiro atoms. The second-order valence-electron chi connectivity index (χ2n) is 10.1. The minimum Gasteiger partial charge on any atom is -0.481 e. The maximum Gasteiger partial charge on any atom is 0.309 e. The third-order valence-corrected chi connectivity index (χ3v) is 7.20. The molecule has 0 saturated heterocycles. The second kappa shape index (κ2) is 19.4. The SMILES string of the molecule is CCCCCCCCCCCCC(CCCCCCC)OC(=O)C1CCC(C(=O)O)CC1. The molecule has 1 N–H and O–H groups in total. The molecule has 188 valence electrons. The van der Waals surface area contributed by atoms with Gasteiger partial charge in [0.2, 0.25) is 0 Å². The second-order valence-corrected chi connectivity index (χ2v) is 10.1. The Morgan fingerprint density at radius 2 is 1.03 bits per heavy atom. The van der Waals surface area contributed by atoms with Crippen molar-refractivity contribution in [1.29, 1.82) is 0 Å². The third kappa shape index (κ3) is 14.2. The van der Waals surface area contributed by atoms with Gasteiger partial charge in [-0.2, -0.15) is 0 Å². The molecule has 1 rings (SSSR count). The van der Waals surface area contributed by atoms with Crippen LogP contribution in [0.2, 0.25) is 0 Å². The average Bonchev–Trinajstić information content (AvgIpc) is 2.79. The summed E-state index contributed by atoms with van der Waals surface area (Å²) in [5, 5.41) is 9.17. The van der Waals surface area contributed by atoms with Crippen LogP contribution in [0.1, 0.15) is 149 Å². The predicted molar refractivity (Wildman–Crippen MR) is 133 cm³/mol. The van der Waals surface area contributed by atoms with Gasteiger partial charge in [-0.05, 0) is 51.4 Å². The fourth-order valence-corrected chi connectivity index (χ4v) is 4.93. The molecule has 1 saturated carbocycles. The number of carbonyl (C=O) groups excluding carboxylic acids is 1. The number of hydrogen-bond acceptors (Lipinski definition) is 3. The number of esters is 1. The Morgan fingerprint density at radius 3 is 1.44 bits per heavy atom. The standard InChI is InChI=1S/C28H52O4/c1-3-5-7-9-10-11-12-13-15-17-19-26(18-16-14-8-6-4-2)32-28(31)25-22-20-24(21-23-25)27(29)30/h24-26H,3-23H2,1-2H3,(H,29,30). The van der Waals surface area contributed by atoms with E-state index in [1.54, 1.807) is 0 Å². The smallest absolute Gasteiger partial charge is 0.309 e. The molecule has 0 heterocycles. The molecule has 0 bridgehead atoms. The lowest BCUT2D eigenvalue weighted by Gasteiger charge is -2.27. The maximum absolute atomic E-state index is 12.7. The molecule has 0 aromatic rings. The summed E-state index contributed by atoms with van der Waals surface area (Å²) in [7, 11) is 0. The summed E-state index contributed by atoms with van der Waals surface area (Å²) in [6.45, 7) is 4.49. The number of carboxylic acids is 1. The van der Waals surface area contributed by atoms with E-state index in [4.69, 9.17) is 4.74 Å². The maximum atomic E-state index is 12.7. The minimum absolute atomic E-state index is 0.0513. The summed E-state index contributed by atoms with van der Waals surface area (Å²) in [5.41, 5.74) is 0. The highest BCUT2D eigenvalue weighted by Crippen LogP contribution is 2.30. The van der Waals surface area contributed by atoms with Gasteiger partial charge in [0.25, 0.3) is 0 Å². The van der Waals surface area contributed by atoms with Gasteiger partial charge in [0.15, 0.2) is 0 Å². The number of carbonyl (C=O) groups is 2. The van der Waals surface area contributed by atoms with Crippen LogP contribution >= 0.6 is 0 Å². The van der Waals surface area contributed by atoms with Crippen molar-refractivity contribution in [3.05, 3.63) is 0 Å². The number of carboxylic acid groups (broad SMARTS) is 1. The van der Waals surface area contributed by atoms with Crippen LogP contribution in [-0.4, -0.2) is 23.1 Å². The third-order valence-electron chi connectivity index (χ3n) is 7.20. The van der Waals surface area contributed by atoms with E-state index in [9.17, 15) is 14.7 Å². The van der Waals surface area contributed by atoms with Crippen molar-refractivity contribution in [3.63, 3.8) is 0 Å². The highest BCUT2D eigenvalue weighted by molar-refractivity contribution is 5.74. The molecular weight excluding hydrogens is 400 g/mol. The molecule has 1 unspecified atom stereocenters. The van der Waals surface area contributed by atoms with Crippen LogP contribution in [0.3, 0.4) is 0 Å². The van der Waals surface area contributed by atoms with Crippen molar-refractivity contribution in [1.82, 2.24) is 0 Å². The Morgan fingerprint density at radius 1 is 0.656 bits per heavy atom. The quantitative estimate of drug-likeness (QED) is 0.149. The average molecular weight is 453 g/mol. The van der Waals surface area contributed by atoms with Crippen molar-refractivity contribution < 1.29 is 19.4 Å². The first-order valence-corrected chi connectivity index (χ1v) is 14.0. The van der Waals surface area contributed by atoms with E-state index in [1.807, 2.05) is 0 Å². The molecule has 0 amide bonds. The Hall–Kier alpha value is -1.06. The number of ether oxygens (including phenoxy) is 1. The predicted octanol–water partition coefficient (Wildman–Crippen LogP) is 8.46. The first kappa shape index (κ1) is 29.0. The summed E-state index contributed by atoms with van der Waals surface area (Å²) < 4.78 is 5.99. The first-order chi connectivity index (χ1) is 15.6. The summed E-state index contributed by atoms with van der Waals surface area (Å²) in [4.78, 5) is 23.9. The molecule has 1 aliphatic rings. The fourth-order valence-electron chi connectivity index (χ4n) is 4.93. The van der Waals surface area contributed by atoms with Gasteiger partial charge >= 0.3 is 11.9 Å². The first-order valence-electron chi connectivity index (χ1n) is 14.0. The van der Waals surface area contributed by atoms with E-state index in [1.165, 1.54) is 83.5 Å². The van der Waals surface area contributed by atoms with E-state index >= 15 is 0 Å². The van der Waals surface area contributed by atoms with E-state index in [2.05, 4.69) is 13.8 Å². The van der Waals surface area contributed by atoms with Gasteiger partial charge in [0, 0.05) is 0 Å². The van der Waals surface area contributed by atoms with Crippen LogP contribution in [-0.2, 0) is 14.3 Å². The highest BCUT2D eigenvalue weighted by Gasteiger charge is 2.31. The molecule has 1 fully saturated rings. The Labute approximate surface area is 198 Å². The van der Waals surface area contributed by atoms with Crippen molar-refractivity contribution in [2.75, 3.05) is 0 Å². The largest absolute Gasteiger partial charge is 0.481 e. The number of unbranched alkanes of at least 4 members (excludes halogenated alkanes) is 13. The lowest BCUT2D eigenvalue weighted by Crippen LogP contribution is -2.29. The Balaban J connectivity index is 2.28. The molecular formula is C28H52O4. The van der Waals surface area contributed by atoms with Crippen LogP contribution < -0.4 is 0 Å². The zero-order valence-electron chi connectivity index (χ0n) is 21.3. The molecule has 1 atom stereocenters. The van der Waals surface area contributed by atoms with Crippen LogP contribution in [0.15, 0.2) is 0 Å². The molecule has 0 radical (unpaired) electrons. The van der Waals surface area contributed by atoms with Gasteiger partial charge in [0.1, 0.15) is 6.10 Å². The van der Waals surface area contributed by atoms with Crippen molar-refractivity contribution >= 4 is 11.9 Å². The molecule has 4 nitrogen and oxygen atoms in total. The number of aliphatic carboxylic acids is 1. The lowest BCUT2D eigenvalue weighted by molar-refractivity contribution is -0.158. The summed E-state index contributed by atoms with van der Waals surface area (Å²) in [6.07, 6.45) is 24.0. The number of hydrogen-bond donors (Lipinski definition) is 1. The van der Waals surface area contributed by atoms with E-state index in [0.29, 0.717) is 25.7 Å². The Kier molecular flexibility index (Phi) is 17.6. The molecule has 4 heteroatoms. The summed E-state index contributed by atoms with van der Waals surface area (Å²) in [5.74, 6) is -1.16.